The van der Waals surface area contributed by atoms with Crippen LogP contribution < -0.4 is 0 Å². The second kappa shape index (κ2) is 5.67. The van der Waals surface area contributed by atoms with E-state index in [1.165, 1.54) is 0 Å². The lowest BCUT2D eigenvalue weighted by Gasteiger charge is -2.06. The van der Waals surface area contributed by atoms with E-state index in [1.54, 1.807) is 31.2 Å². The minimum Gasteiger partial charge on any atom is -0.506 e. The van der Waals surface area contributed by atoms with E-state index in [-0.39, 0.29) is 17.1 Å². The first-order valence-corrected chi connectivity index (χ1v) is 8.05. The quantitative estimate of drug-likeness (QED) is 0.687. The number of aliphatic hydroxyl groups excluding tert-OH is 1. The number of aliphatic imine (C=N–C) groups is 1. The molecule has 2 aromatic carbocycles. The van der Waals surface area contributed by atoms with Crippen LogP contribution in [-0.4, -0.2) is 21.6 Å². The number of fused-ring (bicyclic) bond motifs is 2. The number of aliphatic hydroxyl groups is 1. The summed E-state index contributed by atoms with van der Waals surface area (Å²) in [7, 11) is 0. The Morgan fingerprint density at radius 2 is 1.72 bits per heavy atom. The average Bonchev–Trinajstić information content (AvgIpc) is 2.86. The van der Waals surface area contributed by atoms with Gasteiger partial charge in [0.05, 0.1) is 22.5 Å². The molecule has 0 saturated carbocycles. The van der Waals surface area contributed by atoms with Crippen molar-refractivity contribution in [2.75, 3.05) is 0 Å². The highest BCUT2D eigenvalue weighted by atomic mass is 16.3. The van der Waals surface area contributed by atoms with Crippen molar-refractivity contribution in [1.29, 1.82) is 0 Å². The number of pyridine rings is 1. The molecule has 1 aliphatic carbocycles. The Kier molecular flexibility index (Phi) is 3.46. The van der Waals surface area contributed by atoms with Crippen LogP contribution in [0.15, 0.2) is 65.2 Å². The van der Waals surface area contributed by atoms with Crippen molar-refractivity contribution >= 4 is 33.8 Å². The minimum atomic E-state index is -0.190. The van der Waals surface area contributed by atoms with E-state index in [0.29, 0.717) is 16.8 Å². The summed E-state index contributed by atoms with van der Waals surface area (Å²) < 4.78 is 0. The Hall–Kier alpha value is -3.27. The van der Waals surface area contributed by atoms with Crippen LogP contribution in [-0.2, 0) is 0 Å². The van der Waals surface area contributed by atoms with Gasteiger partial charge in [0.2, 0.25) is 0 Å². The molecule has 1 aliphatic rings. The van der Waals surface area contributed by atoms with E-state index < -0.39 is 0 Å². The maximum Gasteiger partial charge on any atom is 0.199 e. The maximum atomic E-state index is 12.7. The predicted octanol–water partition coefficient (Wildman–Crippen LogP) is 4.80. The highest BCUT2D eigenvalue weighted by Gasteiger charge is 2.30. The van der Waals surface area contributed by atoms with Gasteiger partial charge < -0.3 is 5.11 Å². The number of rotatable bonds is 2. The Morgan fingerprint density at radius 3 is 2.48 bits per heavy atom. The second-order valence-electron chi connectivity index (χ2n) is 6.10. The van der Waals surface area contributed by atoms with Crippen LogP contribution in [0.2, 0.25) is 0 Å². The topological polar surface area (TPSA) is 62.6 Å². The molecule has 4 heteroatoms. The Balaban J connectivity index is 1.87. The van der Waals surface area contributed by atoms with Crippen molar-refractivity contribution in [2.45, 2.75) is 13.8 Å². The number of para-hydroxylation sites is 1. The zero-order chi connectivity index (χ0) is 17.6. The molecule has 0 amide bonds. The number of hydrogen-bond acceptors (Lipinski definition) is 4. The van der Waals surface area contributed by atoms with Gasteiger partial charge in [0.25, 0.3) is 0 Å². The van der Waals surface area contributed by atoms with Crippen molar-refractivity contribution in [2.24, 2.45) is 4.99 Å². The average molecular weight is 328 g/mol. The van der Waals surface area contributed by atoms with Crippen molar-refractivity contribution in [1.82, 2.24) is 4.98 Å². The largest absolute Gasteiger partial charge is 0.506 e. The standard InChI is InChI=1S/C21H16N2O2/c1-12-11-18(16-9-5-6-10-17(16)22-12)23-13(2)19-20(24)14-7-3-4-8-15(14)21(19)25/h3-11,24H,1-2H3. The number of Topliss-reactive ketones (excluding diaryl/α,β-unsaturated/α-hetero) is 1. The van der Waals surface area contributed by atoms with E-state index in [9.17, 15) is 9.90 Å². The van der Waals surface area contributed by atoms with Gasteiger partial charge in [0.1, 0.15) is 5.76 Å². The number of nitrogens with zero attached hydrogens (tertiary/aromatic N) is 2. The summed E-state index contributed by atoms with van der Waals surface area (Å²) in [6, 6.07) is 16.7. The second-order valence-corrected chi connectivity index (χ2v) is 6.10. The van der Waals surface area contributed by atoms with Gasteiger partial charge in [-0.05, 0) is 26.0 Å². The lowest BCUT2D eigenvalue weighted by Crippen LogP contribution is -2.07. The zero-order valence-electron chi connectivity index (χ0n) is 13.9. The number of allylic oxidation sites excluding steroid dienone is 1. The lowest BCUT2D eigenvalue weighted by molar-refractivity contribution is 0.104. The van der Waals surface area contributed by atoms with Crippen LogP contribution >= 0.6 is 0 Å². The van der Waals surface area contributed by atoms with E-state index in [2.05, 4.69) is 9.98 Å². The normalized spacial score (nSPS) is 14.3. The molecule has 4 rings (SSSR count). The van der Waals surface area contributed by atoms with Gasteiger partial charge in [0.15, 0.2) is 5.78 Å². The van der Waals surface area contributed by atoms with Crippen LogP contribution in [0.3, 0.4) is 0 Å². The molecule has 0 radical (unpaired) electrons. The Bertz CT molecular complexity index is 1090. The highest BCUT2D eigenvalue weighted by molar-refractivity contribution is 6.35. The Morgan fingerprint density at radius 1 is 1.04 bits per heavy atom. The lowest BCUT2D eigenvalue weighted by atomic mass is 10.1. The third-order valence-corrected chi connectivity index (χ3v) is 4.36. The van der Waals surface area contributed by atoms with Crippen molar-refractivity contribution in [3.63, 3.8) is 0 Å². The first-order valence-electron chi connectivity index (χ1n) is 8.05. The number of benzene rings is 2. The molecule has 0 bridgehead atoms. The molecule has 1 aromatic heterocycles. The van der Waals surface area contributed by atoms with Gasteiger partial charge in [-0.15, -0.1) is 0 Å². The highest BCUT2D eigenvalue weighted by Crippen LogP contribution is 2.33. The summed E-state index contributed by atoms with van der Waals surface area (Å²) in [5.74, 6) is -0.193. The van der Waals surface area contributed by atoms with Gasteiger partial charge in [0, 0.05) is 22.2 Å². The van der Waals surface area contributed by atoms with Gasteiger partial charge in [-0.2, -0.15) is 0 Å². The van der Waals surface area contributed by atoms with Gasteiger partial charge in [-0.1, -0.05) is 42.5 Å². The SMILES string of the molecule is CC(=Nc1cc(C)nc2ccccc12)C1=C(O)c2ccccc2C1=O. The molecular weight excluding hydrogens is 312 g/mol. The molecule has 122 valence electrons. The molecule has 0 aliphatic heterocycles. The van der Waals surface area contributed by atoms with Gasteiger partial charge in [-0.3, -0.25) is 14.8 Å². The number of ketones is 1. The van der Waals surface area contributed by atoms with Crippen LogP contribution in [0, 0.1) is 6.92 Å². The number of carbonyl (C=O) groups is 1. The van der Waals surface area contributed by atoms with Crippen molar-refractivity contribution < 1.29 is 9.90 Å². The fourth-order valence-corrected chi connectivity index (χ4v) is 3.21. The number of aryl methyl sites for hydroxylation is 1. The monoisotopic (exact) mass is 328 g/mol. The smallest absolute Gasteiger partial charge is 0.199 e. The molecule has 1 N–H and O–H groups in total. The predicted molar refractivity (Wildman–Crippen MR) is 99.6 cm³/mol. The van der Waals surface area contributed by atoms with Gasteiger partial charge in [-0.25, -0.2) is 0 Å². The molecule has 0 unspecified atom stereocenters. The maximum absolute atomic E-state index is 12.7. The van der Waals surface area contributed by atoms with E-state index in [4.69, 9.17) is 0 Å². The van der Waals surface area contributed by atoms with Crippen molar-refractivity contribution in [3.8, 4) is 0 Å². The van der Waals surface area contributed by atoms with Crippen LogP contribution in [0.4, 0.5) is 5.69 Å². The fourth-order valence-electron chi connectivity index (χ4n) is 3.21. The van der Waals surface area contributed by atoms with E-state index in [0.717, 1.165) is 22.3 Å². The summed E-state index contributed by atoms with van der Waals surface area (Å²) in [6.07, 6.45) is 0. The number of hydrogen-bond donors (Lipinski definition) is 1. The molecule has 0 fully saturated rings. The van der Waals surface area contributed by atoms with E-state index in [1.807, 2.05) is 37.3 Å². The first kappa shape index (κ1) is 15.3. The summed E-state index contributed by atoms with van der Waals surface area (Å²) in [6.45, 7) is 3.66. The summed E-state index contributed by atoms with van der Waals surface area (Å²) >= 11 is 0. The number of aromatic nitrogens is 1. The molecule has 0 saturated heterocycles. The molecule has 0 spiro atoms. The van der Waals surface area contributed by atoms with Crippen molar-refractivity contribution in [3.05, 3.63) is 77.0 Å². The van der Waals surface area contributed by atoms with Crippen LogP contribution in [0.5, 0.6) is 0 Å². The molecule has 0 atom stereocenters. The third-order valence-electron chi connectivity index (χ3n) is 4.36. The molecule has 1 heterocycles. The summed E-state index contributed by atoms with van der Waals surface area (Å²) in [5.41, 5.74) is 4.28. The first-order chi connectivity index (χ1) is 12.1. The van der Waals surface area contributed by atoms with Crippen LogP contribution in [0.25, 0.3) is 16.7 Å². The number of carbonyl (C=O) groups excluding carboxylic acids is 1. The third kappa shape index (κ3) is 2.43. The zero-order valence-corrected chi connectivity index (χ0v) is 13.9. The molecule has 25 heavy (non-hydrogen) atoms. The fraction of sp³-hybridized carbons (Fsp3) is 0.0952. The Labute approximate surface area is 145 Å². The van der Waals surface area contributed by atoms with Crippen LogP contribution in [0.1, 0.15) is 28.5 Å². The van der Waals surface area contributed by atoms with E-state index >= 15 is 0 Å². The van der Waals surface area contributed by atoms with Gasteiger partial charge >= 0.3 is 0 Å². The molecule has 4 nitrogen and oxygen atoms in total. The molecule has 3 aromatic rings. The minimum absolute atomic E-state index is 0.00284. The summed E-state index contributed by atoms with van der Waals surface area (Å²) in [5, 5.41) is 11.4. The molecular formula is C21H16N2O2. The summed E-state index contributed by atoms with van der Waals surface area (Å²) in [4.78, 5) is 21.8.